The average molecular weight is 201 g/mol. The molecular formula is C10H10ClFO. The monoisotopic (exact) mass is 200 g/mol. The Morgan fingerprint density at radius 3 is 2.69 bits per heavy atom. The zero-order valence-electron chi connectivity index (χ0n) is 7.53. The van der Waals surface area contributed by atoms with Gasteiger partial charge in [-0.1, -0.05) is 24.6 Å². The molecule has 1 aromatic rings. The van der Waals surface area contributed by atoms with E-state index in [1.165, 1.54) is 6.07 Å². The molecule has 0 aliphatic rings. The van der Waals surface area contributed by atoms with E-state index in [4.69, 9.17) is 11.6 Å². The molecule has 0 aromatic heterocycles. The van der Waals surface area contributed by atoms with E-state index in [1.807, 2.05) is 0 Å². The summed E-state index contributed by atoms with van der Waals surface area (Å²) >= 11 is 5.66. The number of benzene rings is 1. The van der Waals surface area contributed by atoms with Crippen molar-refractivity contribution in [1.82, 2.24) is 0 Å². The Bertz CT molecular complexity index is 347. The zero-order valence-corrected chi connectivity index (χ0v) is 8.28. The van der Waals surface area contributed by atoms with Crippen molar-refractivity contribution in [3.63, 3.8) is 0 Å². The van der Waals surface area contributed by atoms with Gasteiger partial charge in [-0.3, -0.25) is 4.79 Å². The van der Waals surface area contributed by atoms with Crippen molar-refractivity contribution in [3.05, 3.63) is 34.1 Å². The first-order chi connectivity index (χ1) is 6.07. The van der Waals surface area contributed by atoms with E-state index in [0.29, 0.717) is 5.56 Å². The maximum Gasteiger partial charge on any atom is 0.165 e. The second-order valence-electron chi connectivity index (χ2n) is 2.83. The summed E-state index contributed by atoms with van der Waals surface area (Å²) in [5, 5.41) is 0.0410. The molecule has 0 radical (unpaired) electrons. The Hall–Kier alpha value is -0.890. The van der Waals surface area contributed by atoms with Gasteiger partial charge in [0.1, 0.15) is 0 Å². The lowest BCUT2D eigenvalue weighted by Crippen LogP contribution is -2.01. The summed E-state index contributed by atoms with van der Waals surface area (Å²) in [6, 6.07) is 3.12. The number of carbonyl (C=O) groups is 1. The van der Waals surface area contributed by atoms with Crippen molar-refractivity contribution in [2.45, 2.75) is 20.3 Å². The van der Waals surface area contributed by atoms with Crippen molar-refractivity contribution in [1.29, 1.82) is 0 Å². The highest BCUT2D eigenvalue weighted by molar-refractivity contribution is 6.31. The van der Waals surface area contributed by atoms with Crippen LogP contribution in [0.3, 0.4) is 0 Å². The van der Waals surface area contributed by atoms with Gasteiger partial charge in [-0.25, -0.2) is 4.39 Å². The lowest BCUT2D eigenvalue weighted by molar-refractivity contribution is 0.0984. The summed E-state index contributed by atoms with van der Waals surface area (Å²) < 4.78 is 13.3. The summed E-state index contributed by atoms with van der Waals surface area (Å²) in [6.07, 6.45) is 0.288. The number of carbonyl (C=O) groups excluding carboxylic acids is 1. The molecule has 0 amide bonds. The maximum atomic E-state index is 13.3. The molecule has 1 rings (SSSR count). The highest BCUT2D eigenvalue weighted by atomic mass is 35.5. The minimum Gasteiger partial charge on any atom is -0.294 e. The number of rotatable bonds is 2. The Labute approximate surface area is 81.5 Å². The molecular weight excluding hydrogens is 191 g/mol. The second kappa shape index (κ2) is 3.88. The van der Waals surface area contributed by atoms with E-state index in [1.54, 1.807) is 19.9 Å². The quantitative estimate of drug-likeness (QED) is 0.669. The Balaban J connectivity index is 3.26. The largest absolute Gasteiger partial charge is 0.294 e. The Kier molecular flexibility index (Phi) is 3.04. The molecule has 0 bridgehead atoms. The number of aryl methyl sites for hydroxylation is 1. The van der Waals surface area contributed by atoms with Crippen LogP contribution in [-0.2, 0) is 0 Å². The molecule has 0 atom stereocenters. The van der Waals surface area contributed by atoms with Crippen molar-refractivity contribution < 1.29 is 9.18 Å². The third-order valence-electron chi connectivity index (χ3n) is 1.90. The van der Waals surface area contributed by atoms with Gasteiger partial charge in [-0.2, -0.15) is 0 Å². The van der Waals surface area contributed by atoms with Crippen molar-refractivity contribution in [2.75, 3.05) is 0 Å². The van der Waals surface area contributed by atoms with Crippen LogP contribution < -0.4 is 0 Å². The first-order valence-corrected chi connectivity index (χ1v) is 4.43. The first kappa shape index (κ1) is 10.2. The minimum atomic E-state index is -0.603. The normalized spacial score (nSPS) is 10.2. The van der Waals surface area contributed by atoms with Crippen LogP contribution in [-0.4, -0.2) is 5.78 Å². The molecule has 3 heteroatoms. The molecule has 70 valence electrons. The predicted octanol–water partition coefficient (Wildman–Crippen LogP) is 3.38. The zero-order chi connectivity index (χ0) is 10.0. The SMILES string of the molecule is CCC(=O)c1ccc(C)c(Cl)c1F. The van der Waals surface area contributed by atoms with Gasteiger partial charge < -0.3 is 0 Å². The van der Waals surface area contributed by atoms with Crippen LogP contribution in [0.5, 0.6) is 0 Å². The topological polar surface area (TPSA) is 17.1 Å². The summed E-state index contributed by atoms with van der Waals surface area (Å²) in [6.45, 7) is 3.39. The molecule has 13 heavy (non-hydrogen) atoms. The van der Waals surface area contributed by atoms with Crippen LogP contribution in [0.2, 0.25) is 5.02 Å². The predicted molar refractivity (Wildman–Crippen MR) is 50.8 cm³/mol. The Morgan fingerprint density at radius 2 is 2.15 bits per heavy atom. The van der Waals surface area contributed by atoms with E-state index >= 15 is 0 Å². The first-order valence-electron chi connectivity index (χ1n) is 4.05. The van der Waals surface area contributed by atoms with Gasteiger partial charge in [0.15, 0.2) is 11.6 Å². The molecule has 0 spiro atoms. The maximum absolute atomic E-state index is 13.3. The van der Waals surface area contributed by atoms with E-state index in [-0.39, 0.29) is 22.8 Å². The molecule has 0 saturated heterocycles. The van der Waals surface area contributed by atoms with Gasteiger partial charge in [-0.05, 0) is 18.6 Å². The molecule has 1 nitrogen and oxygen atoms in total. The standard InChI is InChI=1S/C10H10ClFO/c1-3-8(13)7-5-4-6(2)9(11)10(7)12/h4-5H,3H2,1-2H3. The van der Waals surface area contributed by atoms with Gasteiger partial charge in [0.2, 0.25) is 0 Å². The molecule has 0 saturated carbocycles. The molecule has 0 fully saturated rings. The summed E-state index contributed by atoms with van der Waals surface area (Å²) in [5.41, 5.74) is 0.727. The molecule has 0 aliphatic carbocycles. The van der Waals surface area contributed by atoms with Crippen LogP contribution in [0.4, 0.5) is 4.39 Å². The van der Waals surface area contributed by atoms with Crippen molar-refractivity contribution in [2.24, 2.45) is 0 Å². The number of hydrogen-bond donors (Lipinski definition) is 0. The third-order valence-corrected chi connectivity index (χ3v) is 2.36. The molecule has 0 N–H and O–H groups in total. The van der Waals surface area contributed by atoms with Gasteiger partial charge in [0, 0.05) is 6.42 Å². The average Bonchev–Trinajstić information content (AvgIpc) is 2.13. The fourth-order valence-electron chi connectivity index (χ4n) is 1.05. The molecule has 0 aliphatic heterocycles. The molecule has 0 heterocycles. The summed E-state index contributed by atoms with van der Waals surface area (Å²) in [5.74, 6) is -0.826. The van der Waals surface area contributed by atoms with E-state index in [9.17, 15) is 9.18 Å². The minimum absolute atomic E-state index is 0.0410. The smallest absolute Gasteiger partial charge is 0.165 e. The van der Waals surface area contributed by atoms with Crippen LogP contribution >= 0.6 is 11.6 Å². The molecule has 0 unspecified atom stereocenters. The van der Waals surface area contributed by atoms with Crippen molar-refractivity contribution in [3.8, 4) is 0 Å². The van der Waals surface area contributed by atoms with Gasteiger partial charge in [-0.15, -0.1) is 0 Å². The van der Waals surface area contributed by atoms with Crippen LogP contribution in [0.25, 0.3) is 0 Å². The lowest BCUT2D eigenvalue weighted by atomic mass is 10.1. The van der Waals surface area contributed by atoms with E-state index in [0.717, 1.165) is 0 Å². The Morgan fingerprint density at radius 1 is 1.54 bits per heavy atom. The highest BCUT2D eigenvalue weighted by Crippen LogP contribution is 2.23. The number of Topliss-reactive ketones (excluding diaryl/α,β-unsaturated/α-hetero) is 1. The fraction of sp³-hybridized carbons (Fsp3) is 0.300. The van der Waals surface area contributed by atoms with Gasteiger partial charge in [0.05, 0.1) is 10.6 Å². The third kappa shape index (κ3) is 1.89. The van der Waals surface area contributed by atoms with Crippen LogP contribution in [0, 0.1) is 12.7 Å². The van der Waals surface area contributed by atoms with Gasteiger partial charge in [0.25, 0.3) is 0 Å². The number of halogens is 2. The number of hydrogen-bond acceptors (Lipinski definition) is 1. The summed E-state index contributed by atoms with van der Waals surface area (Å²) in [7, 11) is 0. The van der Waals surface area contributed by atoms with Crippen molar-refractivity contribution >= 4 is 17.4 Å². The number of ketones is 1. The molecule has 1 aromatic carbocycles. The van der Waals surface area contributed by atoms with Gasteiger partial charge >= 0.3 is 0 Å². The van der Waals surface area contributed by atoms with E-state index in [2.05, 4.69) is 0 Å². The van der Waals surface area contributed by atoms with Crippen LogP contribution in [0.1, 0.15) is 29.3 Å². The summed E-state index contributed by atoms with van der Waals surface area (Å²) in [4.78, 5) is 11.2. The van der Waals surface area contributed by atoms with Crippen LogP contribution in [0.15, 0.2) is 12.1 Å². The second-order valence-corrected chi connectivity index (χ2v) is 3.21. The fourth-order valence-corrected chi connectivity index (χ4v) is 1.22. The highest BCUT2D eigenvalue weighted by Gasteiger charge is 2.13. The lowest BCUT2D eigenvalue weighted by Gasteiger charge is -2.04. The van der Waals surface area contributed by atoms with E-state index < -0.39 is 5.82 Å².